The average Bonchev–Trinajstić information content (AvgIpc) is 2.46. The normalized spacial score (nSPS) is 11.0. The van der Waals surface area contributed by atoms with Gasteiger partial charge in [0.15, 0.2) is 9.84 Å². The Morgan fingerprint density at radius 1 is 1.09 bits per heavy atom. The summed E-state index contributed by atoms with van der Waals surface area (Å²) in [5.41, 5.74) is 6.53. The SMILES string of the molecule is CS(=O)(=O)c1ccccc1NC(=S)c1cccc(C(N)=O)c1. The van der Waals surface area contributed by atoms with Gasteiger partial charge in [-0.1, -0.05) is 36.5 Å². The number of primary amides is 1. The fourth-order valence-corrected chi connectivity index (χ4v) is 2.98. The summed E-state index contributed by atoms with van der Waals surface area (Å²) in [5.74, 6) is -0.554. The maximum Gasteiger partial charge on any atom is 0.248 e. The summed E-state index contributed by atoms with van der Waals surface area (Å²) in [6.45, 7) is 0. The molecule has 0 unspecified atom stereocenters. The van der Waals surface area contributed by atoms with Gasteiger partial charge in [-0.05, 0) is 24.3 Å². The molecule has 0 saturated heterocycles. The summed E-state index contributed by atoms with van der Waals surface area (Å²) >= 11 is 5.27. The Morgan fingerprint density at radius 2 is 1.73 bits per heavy atom. The summed E-state index contributed by atoms with van der Waals surface area (Å²) < 4.78 is 23.5. The van der Waals surface area contributed by atoms with Crippen LogP contribution in [0.2, 0.25) is 0 Å². The third-order valence-corrected chi connectivity index (χ3v) is 4.44. The van der Waals surface area contributed by atoms with E-state index in [2.05, 4.69) is 5.32 Å². The molecule has 3 N–H and O–H groups in total. The summed E-state index contributed by atoms with van der Waals surface area (Å²) in [7, 11) is -3.38. The maximum absolute atomic E-state index is 11.8. The van der Waals surface area contributed by atoms with Crippen molar-refractivity contribution in [2.75, 3.05) is 11.6 Å². The monoisotopic (exact) mass is 334 g/mol. The minimum Gasteiger partial charge on any atom is -0.366 e. The second-order valence-corrected chi connectivity index (χ2v) is 7.06. The Kier molecular flexibility index (Phi) is 4.58. The highest BCUT2D eigenvalue weighted by Gasteiger charge is 2.14. The number of rotatable bonds is 4. The number of carbonyl (C=O) groups excluding carboxylic acids is 1. The third kappa shape index (κ3) is 3.69. The van der Waals surface area contributed by atoms with Gasteiger partial charge >= 0.3 is 0 Å². The molecule has 0 radical (unpaired) electrons. The summed E-state index contributed by atoms with van der Waals surface area (Å²) in [6.07, 6.45) is 1.13. The number of sulfone groups is 1. The highest BCUT2D eigenvalue weighted by atomic mass is 32.2. The molecule has 2 rings (SSSR count). The van der Waals surface area contributed by atoms with Gasteiger partial charge in [0, 0.05) is 17.4 Å². The summed E-state index contributed by atoms with van der Waals surface area (Å²) in [4.78, 5) is 11.7. The van der Waals surface area contributed by atoms with Gasteiger partial charge in [0.05, 0.1) is 10.6 Å². The molecule has 0 atom stereocenters. The number of para-hydroxylation sites is 1. The van der Waals surface area contributed by atoms with E-state index in [1.807, 2.05) is 0 Å². The van der Waals surface area contributed by atoms with Crippen LogP contribution < -0.4 is 11.1 Å². The van der Waals surface area contributed by atoms with E-state index < -0.39 is 15.7 Å². The molecule has 0 saturated carbocycles. The largest absolute Gasteiger partial charge is 0.366 e. The van der Waals surface area contributed by atoms with E-state index in [0.717, 1.165) is 6.26 Å². The van der Waals surface area contributed by atoms with Crippen molar-refractivity contribution in [1.82, 2.24) is 0 Å². The van der Waals surface area contributed by atoms with Crippen LogP contribution >= 0.6 is 12.2 Å². The molecule has 114 valence electrons. The van der Waals surface area contributed by atoms with Crippen LogP contribution in [0.4, 0.5) is 5.69 Å². The molecule has 0 aromatic heterocycles. The maximum atomic E-state index is 11.8. The second-order valence-electron chi connectivity index (χ2n) is 4.67. The molecule has 0 aliphatic carbocycles. The number of hydrogen-bond acceptors (Lipinski definition) is 4. The third-order valence-electron chi connectivity index (χ3n) is 2.94. The lowest BCUT2D eigenvalue weighted by molar-refractivity contribution is 0.100. The van der Waals surface area contributed by atoms with Gasteiger partial charge in [0.25, 0.3) is 0 Å². The van der Waals surface area contributed by atoms with Crippen molar-refractivity contribution in [3.05, 3.63) is 59.7 Å². The highest BCUT2D eigenvalue weighted by Crippen LogP contribution is 2.21. The van der Waals surface area contributed by atoms with Gasteiger partial charge in [-0.2, -0.15) is 0 Å². The quantitative estimate of drug-likeness (QED) is 0.835. The summed E-state index contributed by atoms with van der Waals surface area (Å²) in [5, 5.41) is 2.90. The lowest BCUT2D eigenvalue weighted by atomic mass is 10.1. The average molecular weight is 334 g/mol. The standard InChI is InChI=1S/C15H14N2O3S2/c1-22(19,20)13-8-3-2-7-12(13)17-15(21)11-6-4-5-10(9-11)14(16)18/h2-9H,1H3,(H2,16,18)(H,17,21). The van der Waals surface area contributed by atoms with Crippen molar-refractivity contribution < 1.29 is 13.2 Å². The van der Waals surface area contributed by atoms with E-state index in [4.69, 9.17) is 18.0 Å². The molecule has 1 amide bonds. The minimum atomic E-state index is -3.38. The van der Waals surface area contributed by atoms with E-state index >= 15 is 0 Å². The van der Waals surface area contributed by atoms with E-state index in [1.165, 1.54) is 6.07 Å². The molecule has 7 heteroatoms. The molecule has 0 spiro atoms. The first kappa shape index (κ1) is 16.1. The fourth-order valence-electron chi connectivity index (χ4n) is 1.90. The van der Waals surface area contributed by atoms with Crippen LogP contribution in [0.15, 0.2) is 53.4 Å². The van der Waals surface area contributed by atoms with Crippen molar-refractivity contribution in [1.29, 1.82) is 0 Å². The molecule has 0 aliphatic rings. The molecule has 0 fully saturated rings. The van der Waals surface area contributed by atoms with Crippen molar-refractivity contribution in [2.45, 2.75) is 4.90 Å². The molecule has 0 bridgehead atoms. The Labute approximate surface area is 134 Å². The zero-order chi connectivity index (χ0) is 16.3. The zero-order valence-corrected chi connectivity index (χ0v) is 13.4. The predicted octanol–water partition coefficient (Wildman–Crippen LogP) is 1.98. The molecule has 5 nitrogen and oxygen atoms in total. The second kappa shape index (κ2) is 6.25. The van der Waals surface area contributed by atoms with Crippen molar-refractivity contribution in [3.63, 3.8) is 0 Å². The summed E-state index contributed by atoms with van der Waals surface area (Å²) in [6, 6.07) is 13.0. The first-order valence-electron chi connectivity index (χ1n) is 6.29. The molecule has 0 heterocycles. The Balaban J connectivity index is 2.34. The Hall–Kier alpha value is -2.25. The van der Waals surface area contributed by atoms with Crippen molar-refractivity contribution in [2.24, 2.45) is 5.73 Å². The number of carbonyl (C=O) groups is 1. The van der Waals surface area contributed by atoms with Crippen LogP contribution in [0, 0.1) is 0 Å². The fraction of sp³-hybridized carbons (Fsp3) is 0.0667. The number of anilines is 1. The minimum absolute atomic E-state index is 0.156. The van der Waals surface area contributed by atoms with E-state index in [1.54, 1.807) is 42.5 Å². The highest BCUT2D eigenvalue weighted by molar-refractivity contribution is 7.90. The van der Waals surface area contributed by atoms with Gasteiger partial charge in [-0.25, -0.2) is 8.42 Å². The van der Waals surface area contributed by atoms with Gasteiger partial charge < -0.3 is 11.1 Å². The lowest BCUT2D eigenvalue weighted by Crippen LogP contribution is -2.16. The van der Waals surface area contributed by atoms with Crippen LogP contribution in [-0.2, 0) is 9.84 Å². The predicted molar refractivity (Wildman–Crippen MR) is 89.8 cm³/mol. The number of nitrogens with one attached hydrogen (secondary N) is 1. The number of benzene rings is 2. The lowest BCUT2D eigenvalue weighted by Gasteiger charge is -2.12. The number of amides is 1. The number of thiocarbonyl (C=S) groups is 1. The smallest absolute Gasteiger partial charge is 0.248 e. The molecule has 22 heavy (non-hydrogen) atoms. The molecular weight excluding hydrogens is 320 g/mol. The van der Waals surface area contributed by atoms with Crippen LogP contribution in [0.3, 0.4) is 0 Å². The van der Waals surface area contributed by atoms with Crippen molar-refractivity contribution >= 4 is 38.6 Å². The number of hydrogen-bond donors (Lipinski definition) is 2. The van der Waals surface area contributed by atoms with Crippen LogP contribution in [0.1, 0.15) is 15.9 Å². The molecular formula is C15H14N2O3S2. The Bertz CT molecular complexity index is 845. The Morgan fingerprint density at radius 3 is 2.36 bits per heavy atom. The topological polar surface area (TPSA) is 89.3 Å². The van der Waals surface area contributed by atoms with E-state index in [0.29, 0.717) is 21.8 Å². The van der Waals surface area contributed by atoms with Gasteiger partial charge in [-0.15, -0.1) is 0 Å². The van der Waals surface area contributed by atoms with E-state index in [-0.39, 0.29) is 4.90 Å². The van der Waals surface area contributed by atoms with Gasteiger partial charge in [0.1, 0.15) is 4.99 Å². The van der Waals surface area contributed by atoms with Crippen LogP contribution in [-0.4, -0.2) is 25.6 Å². The zero-order valence-electron chi connectivity index (χ0n) is 11.7. The molecule has 0 aliphatic heterocycles. The van der Waals surface area contributed by atoms with Crippen molar-refractivity contribution in [3.8, 4) is 0 Å². The first-order chi connectivity index (χ1) is 10.3. The van der Waals surface area contributed by atoms with Crippen LogP contribution in [0.5, 0.6) is 0 Å². The van der Waals surface area contributed by atoms with E-state index in [9.17, 15) is 13.2 Å². The first-order valence-corrected chi connectivity index (χ1v) is 8.59. The molecule has 2 aromatic carbocycles. The van der Waals surface area contributed by atoms with Gasteiger partial charge in [0.2, 0.25) is 5.91 Å². The van der Waals surface area contributed by atoms with Gasteiger partial charge in [-0.3, -0.25) is 4.79 Å². The van der Waals surface area contributed by atoms with Crippen LogP contribution in [0.25, 0.3) is 0 Å². The molecule has 2 aromatic rings. The number of nitrogens with two attached hydrogens (primary N) is 1.